The Bertz CT molecular complexity index is 579. The maximum absolute atomic E-state index is 13.2. The molecule has 6 heteroatoms. The lowest BCUT2D eigenvalue weighted by molar-refractivity contribution is -0.132. The second-order valence-electron chi connectivity index (χ2n) is 7.83. The van der Waals surface area contributed by atoms with E-state index in [1.54, 1.807) is 7.11 Å². The molecule has 0 spiro atoms. The van der Waals surface area contributed by atoms with Gasteiger partial charge in [-0.25, -0.2) is 4.39 Å². The van der Waals surface area contributed by atoms with Crippen molar-refractivity contribution in [2.75, 3.05) is 53.5 Å². The van der Waals surface area contributed by atoms with E-state index in [1.165, 1.54) is 12.1 Å². The second kappa shape index (κ2) is 10.7. The number of rotatable bonds is 8. The van der Waals surface area contributed by atoms with Crippen molar-refractivity contribution in [3.05, 3.63) is 35.6 Å². The van der Waals surface area contributed by atoms with Gasteiger partial charge in [-0.3, -0.25) is 14.6 Å². The second-order valence-corrected chi connectivity index (χ2v) is 7.83. The molecule has 1 aliphatic rings. The fraction of sp³-hybridized carbons (Fsp3) is 0.667. The Kier molecular flexibility index (Phi) is 8.67. The van der Waals surface area contributed by atoms with Gasteiger partial charge in [-0.05, 0) is 37.1 Å². The van der Waals surface area contributed by atoms with Crippen molar-refractivity contribution in [2.24, 2.45) is 5.92 Å². The third kappa shape index (κ3) is 6.87. The predicted octanol–water partition coefficient (Wildman–Crippen LogP) is 2.46. The van der Waals surface area contributed by atoms with Gasteiger partial charge in [0.25, 0.3) is 0 Å². The number of ether oxygens (including phenoxy) is 1. The Morgan fingerprint density at radius 3 is 2.63 bits per heavy atom. The van der Waals surface area contributed by atoms with Crippen molar-refractivity contribution in [2.45, 2.75) is 32.9 Å². The molecule has 0 radical (unpaired) electrons. The van der Waals surface area contributed by atoms with Crippen molar-refractivity contribution in [1.82, 2.24) is 14.7 Å². The third-order valence-electron chi connectivity index (χ3n) is 5.25. The molecule has 1 aromatic carbocycles. The molecule has 1 aliphatic heterocycles. The first-order chi connectivity index (χ1) is 12.9. The number of carbonyl (C=O) groups is 1. The Hall–Kier alpha value is -1.50. The van der Waals surface area contributed by atoms with Gasteiger partial charge in [0.1, 0.15) is 5.82 Å². The first-order valence-electron chi connectivity index (χ1n) is 9.84. The summed E-state index contributed by atoms with van der Waals surface area (Å²) in [6, 6.07) is 7.04. The molecule has 152 valence electrons. The van der Waals surface area contributed by atoms with Crippen LogP contribution in [0.4, 0.5) is 4.39 Å². The molecular weight excluding hydrogens is 345 g/mol. The zero-order valence-electron chi connectivity index (χ0n) is 17.2. The highest BCUT2D eigenvalue weighted by atomic mass is 19.1. The number of carbonyl (C=O) groups excluding carboxylic acids is 1. The minimum Gasteiger partial charge on any atom is -0.383 e. The van der Waals surface area contributed by atoms with Crippen molar-refractivity contribution in [1.29, 1.82) is 0 Å². The summed E-state index contributed by atoms with van der Waals surface area (Å²) in [4.78, 5) is 19.2. The molecule has 0 unspecified atom stereocenters. The van der Waals surface area contributed by atoms with E-state index in [-0.39, 0.29) is 11.7 Å². The van der Waals surface area contributed by atoms with E-state index in [9.17, 15) is 9.18 Å². The Morgan fingerprint density at radius 1 is 1.30 bits per heavy atom. The van der Waals surface area contributed by atoms with Crippen LogP contribution in [-0.4, -0.2) is 80.1 Å². The zero-order chi connectivity index (χ0) is 19.8. The molecule has 27 heavy (non-hydrogen) atoms. The van der Waals surface area contributed by atoms with E-state index in [0.717, 1.165) is 44.7 Å². The van der Waals surface area contributed by atoms with Crippen LogP contribution in [-0.2, 0) is 16.1 Å². The van der Waals surface area contributed by atoms with Crippen LogP contribution in [0.15, 0.2) is 24.3 Å². The van der Waals surface area contributed by atoms with Gasteiger partial charge in [0.15, 0.2) is 0 Å². The molecule has 5 nitrogen and oxygen atoms in total. The first kappa shape index (κ1) is 21.8. The van der Waals surface area contributed by atoms with E-state index in [4.69, 9.17) is 4.74 Å². The van der Waals surface area contributed by atoms with E-state index < -0.39 is 0 Å². The average molecular weight is 380 g/mol. The van der Waals surface area contributed by atoms with Crippen molar-refractivity contribution < 1.29 is 13.9 Å². The number of methoxy groups -OCH3 is 1. The van der Waals surface area contributed by atoms with Gasteiger partial charge in [-0.15, -0.1) is 0 Å². The molecule has 0 aromatic heterocycles. The van der Waals surface area contributed by atoms with Crippen LogP contribution in [0.1, 0.15) is 25.8 Å². The third-order valence-corrected chi connectivity index (χ3v) is 5.25. The summed E-state index contributed by atoms with van der Waals surface area (Å²) in [6.07, 6.45) is 0.956. The lowest BCUT2D eigenvalue weighted by Crippen LogP contribution is -2.47. The van der Waals surface area contributed by atoms with Crippen LogP contribution in [0.25, 0.3) is 0 Å². The topological polar surface area (TPSA) is 36.0 Å². The molecule has 2 rings (SSSR count). The number of hydrogen-bond donors (Lipinski definition) is 0. The van der Waals surface area contributed by atoms with E-state index >= 15 is 0 Å². The maximum Gasteiger partial charge on any atom is 0.236 e. The van der Waals surface area contributed by atoms with Crippen LogP contribution in [0.3, 0.4) is 0 Å². The normalized spacial score (nSPS) is 18.9. The largest absolute Gasteiger partial charge is 0.383 e. The maximum atomic E-state index is 13.2. The smallest absolute Gasteiger partial charge is 0.236 e. The lowest BCUT2D eigenvalue weighted by atomic mass is 10.0. The number of hydrogen-bond acceptors (Lipinski definition) is 4. The number of benzene rings is 1. The van der Waals surface area contributed by atoms with Crippen LogP contribution in [0, 0.1) is 11.7 Å². The summed E-state index contributed by atoms with van der Waals surface area (Å²) in [5.74, 6) is 0.414. The van der Waals surface area contributed by atoms with Gasteiger partial charge in [0.05, 0.1) is 13.2 Å². The summed E-state index contributed by atoms with van der Waals surface area (Å²) in [6.45, 7) is 9.50. The molecule has 1 atom stereocenters. The molecule has 1 aromatic rings. The van der Waals surface area contributed by atoms with Crippen LogP contribution in [0.5, 0.6) is 0 Å². The minimum atomic E-state index is -0.204. The summed E-state index contributed by atoms with van der Waals surface area (Å²) in [7, 11) is 3.63. The van der Waals surface area contributed by atoms with Gasteiger partial charge in [0.2, 0.25) is 5.91 Å². The molecule has 1 amide bonds. The lowest BCUT2D eigenvalue weighted by Gasteiger charge is -2.35. The minimum absolute atomic E-state index is 0.183. The highest BCUT2D eigenvalue weighted by Gasteiger charge is 2.29. The van der Waals surface area contributed by atoms with Gasteiger partial charge in [-0.2, -0.15) is 0 Å². The first-order valence-corrected chi connectivity index (χ1v) is 9.84. The van der Waals surface area contributed by atoms with Crippen molar-refractivity contribution in [3.63, 3.8) is 0 Å². The van der Waals surface area contributed by atoms with Gasteiger partial charge in [0, 0.05) is 45.9 Å². The SMILES string of the molecule is COCCN(C)CC(=O)N1CCCN(Cc2ccc(F)cc2)[C@H](C(C)C)C1. The molecule has 0 saturated carbocycles. The average Bonchev–Trinajstić information content (AvgIpc) is 2.84. The highest BCUT2D eigenvalue weighted by molar-refractivity contribution is 5.78. The van der Waals surface area contributed by atoms with Crippen molar-refractivity contribution in [3.8, 4) is 0 Å². The molecule has 0 N–H and O–H groups in total. The molecular formula is C21H34FN3O2. The monoisotopic (exact) mass is 379 g/mol. The van der Waals surface area contributed by atoms with E-state index in [2.05, 4.69) is 18.7 Å². The molecule has 0 aliphatic carbocycles. The quantitative estimate of drug-likeness (QED) is 0.695. The standard InChI is InChI=1S/C21H34FN3O2/c1-17(2)20-15-25(21(26)16-23(3)12-13-27-4)11-5-10-24(20)14-18-6-8-19(22)9-7-18/h6-9,17,20H,5,10-16H2,1-4H3/t20-/m0/s1. The van der Waals surface area contributed by atoms with Crippen LogP contribution < -0.4 is 0 Å². The highest BCUT2D eigenvalue weighted by Crippen LogP contribution is 2.20. The Balaban J connectivity index is 2.00. The summed E-state index contributed by atoms with van der Waals surface area (Å²) in [5, 5.41) is 0. The van der Waals surface area contributed by atoms with Crippen LogP contribution in [0.2, 0.25) is 0 Å². The number of halogens is 1. The number of nitrogens with zero attached hydrogens (tertiary/aromatic N) is 3. The van der Waals surface area contributed by atoms with Crippen molar-refractivity contribution >= 4 is 5.91 Å². The molecule has 1 heterocycles. The fourth-order valence-corrected chi connectivity index (χ4v) is 3.60. The Labute approximate surface area is 163 Å². The summed E-state index contributed by atoms with van der Waals surface area (Å²) < 4.78 is 18.3. The van der Waals surface area contributed by atoms with Gasteiger partial charge >= 0.3 is 0 Å². The number of amides is 1. The molecule has 0 bridgehead atoms. The zero-order valence-corrected chi connectivity index (χ0v) is 17.2. The summed E-state index contributed by atoms with van der Waals surface area (Å²) in [5.41, 5.74) is 1.11. The Morgan fingerprint density at radius 2 is 2.00 bits per heavy atom. The van der Waals surface area contributed by atoms with E-state index in [0.29, 0.717) is 25.1 Å². The van der Waals surface area contributed by atoms with Gasteiger partial charge < -0.3 is 9.64 Å². The predicted molar refractivity (Wildman–Crippen MR) is 106 cm³/mol. The fourth-order valence-electron chi connectivity index (χ4n) is 3.60. The number of likely N-dealkylation sites (N-methyl/N-ethyl adjacent to an activating group) is 1. The van der Waals surface area contributed by atoms with Crippen LogP contribution >= 0.6 is 0 Å². The van der Waals surface area contributed by atoms with E-state index in [1.807, 2.05) is 29.0 Å². The van der Waals surface area contributed by atoms with Gasteiger partial charge in [-0.1, -0.05) is 26.0 Å². The molecule has 1 fully saturated rings. The molecule has 1 saturated heterocycles. The summed E-state index contributed by atoms with van der Waals surface area (Å²) >= 11 is 0.